The van der Waals surface area contributed by atoms with Crippen molar-refractivity contribution < 1.29 is 9.47 Å². The Labute approximate surface area is 125 Å². The first-order chi connectivity index (χ1) is 9.08. The van der Waals surface area contributed by atoms with Crippen molar-refractivity contribution in [2.24, 2.45) is 0 Å². The van der Waals surface area contributed by atoms with Crippen molar-refractivity contribution in [2.75, 3.05) is 12.8 Å². The van der Waals surface area contributed by atoms with Crippen molar-refractivity contribution in [1.29, 1.82) is 0 Å². The first kappa shape index (κ1) is 14.0. The van der Waals surface area contributed by atoms with Gasteiger partial charge in [0, 0.05) is 16.2 Å². The maximum Gasteiger partial charge on any atom is 0.138 e. The van der Waals surface area contributed by atoms with Gasteiger partial charge in [0.25, 0.3) is 0 Å². The first-order valence-electron chi connectivity index (χ1n) is 5.60. The van der Waals surface area contributed by atoms with Gasteiger partial charge in [0.15, 0.2) is 0 Å². The number of benzene rings is 2. The van der Waals surface area contributed by atoms with Crippen LogP contribution >= 0.6 is 27.5 Å². The minimum absolute atomic E-state index is 0.378. The highest BCUT2D eigenvalue weighted by molar-refractivity contribution is 9.10. The molecule has 2 N–H and O–H groups in total. The van der Waals surface area contributed by atoms with E-state index in [-0.39, 0.29) is 0 Å². The molecule has 0 atom stereocenters. The van der Waals surface area contributed by atoms with Crippen LogP contribution in [0.3, 0.4) is 0 Å². The van der Waals surface area contributed by atoms with Crippen LogP contribution in [0, 0.1) is 0 Å². The molecule has 3 nitrogen and oxygen atoms in total. The lowest BCUT2D eigenvalue weighted by Gasteiger charge is -2.10. The summed E-state index contributed by atoms with van der Waals surface area (Å²) in [4.78, 5) is 0. The molecule has 0 spiro atoms. The molecule has 0 saturated heterocycles. The number of ether oxygens (including phenoxy) is 2. The molecule has 19 heavy (non-hydrogen) atoms. The van der Waals surface area contributed by atoms with E-state index in [2.05, 4.69) is 15.9 Å². The van der Waals surface area contributed by atoms with Crippen LogP contribution in [0.5, 0.6) is 11.5 Å². The molecule has 0 heterocycles. The molecule has 2 rings (SSSR count). The molecule has 2 aromatic carbocycles. The average molecular weight is 343 g/mol. The van der Waals surface area contributed by atoms with Gasteiger partial charge in [-0.05, 0) is 35.9 Å². The van der Waals surface area contributed by atoms with Gasteiger partial charge in [-0.1, -0.05) is 27.5 Å². The zero-order valence-electron chi connectivity index (χ0n) is 10.3. The summed E-state index contributed by atoms with van der Waals surface area (Å²) in [5.74, 6) is 1.34. The summed E-state index contributed by atoms with van der Waals surface area (Å²) in [7, 11) is 1.60. The molecular formula is C14H13BrClNO2. The normalized spacial score (nSPS) is 10.3. The summed E-state index contributed by atoms with van der Waals surface area (Å²) >= 11 is 9.43. The van der Waals surface area contributed by atoms with Gasteiger partial charge in [-0.2, -0.15) is 0 Å². The molecule has 0 unspecified atom stereocenters. The van der Waals surface area contributed by atoms with Crippen molar-refractivity contribution in [2.45, 2.75) is 6.61 Å². The molecule has 2 aromatic rings. The number of anilines is 1. The van der Waals surface area contributed by atoms with Gasteiger partial charge in [0.1, 0.15) is 18.1 Å². The highest BCUT2D eigenvalue weighted by Gasteiger charge is 2.04. The maximum absolute atomic E-state index is 6.08. The zero-order valence-corrected chi connectivity index (χ0v) is 12.7. The van der Waals surface area contributed by atoms with Crippen molar-refractivity contribution >= 4 is 33.2 Å². The lowest BCUT2D eigenvalue weighted by atomic mass is 10.2. The molecule has 0 aliphatic heterocycles. The number of nitrogens with two attached hydrogens (primary N) is 1. The van der Waals surface area contributed by atoms with Gasteiger partial charge < -0.3 is 15.2 Å². The molecular weight excluding hydrogens is 330 g/mol. The lowest BCUT2D eigenvalue weighted by Crippen LogP contribution is -1.98. The minimum Gasteiger partial charge on any atom is -0.497 e. The fraction of sp³-hybridized carbons (Fsp3) is 0.143. The third kappa shape index (κ3) is 3.78. The summed E-state index contributed by atoms with van der Waals surface area (Å²) in [5, 5.41) is 0.560. The highest BCUT2D eigenvalue weighted by atomic mass is 79.9. The van der Waals surface area contributed by atoms with Crippen LogP contribution in [0.25, 0.3) is 0 Å². The van der Waals surface area contributed by atoms with E-state index in [9.17, 15) is 0 Å². The Kier molecular flexibility index (Phi) is 4.56. The minimum atomic E-state index is 0.378. The number of nitrogen functional groups attached to an aromatic ring is 1. The summed E-state index contributed by atoms with van der Waals surface area (Å²) in [6.07, 6.45) is 0. The second kappa shape index (κ2) is 6.17. The predicted molar refractivity (Wildman–Crippen MR) is 80.9 cm³/mol. The summed E-state index contributed by atoms with van der Waals surface area (Å²) in [6, 6.07) is 11.0. The Hall–Kier alpha value is -1.39. The highest BCUT2D eigenvalue weighted by Crippen LogP contribution is 2.29. The maximum atomic E-state index is 6.08. The van der Waals surface area contributed by atoms with Crippen molar-refractivity contribution in [1.82, 2.24) is 0 Å². The molecule has 0 fully saturated rings. The number of rotatable bonds is 4. The molecule has 0 radical (unpaired) electrons. The van der Waals surface area contributed by atoms with E-state index >= 15 is 0 Å². The van der Waals surface area contributed by atoms with Crippen LogP contribution in [0.2, 0.25) is 5.02 Å². The fourth-order valence-corrected chi connectivity index (χ4v) is 2.37. The van der Waals surface area contributed by atoms with E-state index in [0.717, 1.165) is 10.0 Å². The second-order valence-electron chi connectivity index (χ2n) is 3.98. The number of hydrogen-bond acceptors (Lipinski definition) is 3. The molecule has 100 valence electrons. The third-order valence-electron chi connectivity index (χ3n) is 2.51. The van der Waals surface area contributed by atoms with E-state index in [1.54, 1.807) is 19.2 Å². The molecule has 0 aliphatic carbocycles. The van der Waals surface area contributed by atoms with Crippen molar-refractivity contribution in [3.05, 3.63) is 51.5 Å². The molecule has 0 aliphatic rings. The van der Waals surface area contributed by atoms with Crippen LogP contribution in [0.15, 0.2) is 40.9 Å². The number of hydrogen-bond donors (Lipinski definition) is 1. The summed E-state index contributed by atoms with van der Waals surface area (Å²) in [5.41, 5.74) is 7.35. The van der Waals surface area contributed by atoms with Gasteiger partial charge in [-0.25, -0.2) is 0 Å². The van der Waals surface area contributed by atoms with Gasteiger partial charge in [-0.15, -0.1) is 0 Å². The van der Waals surface area contributed by atoms with Gasteiger partial charge >= 0.3 is 0 Å². The molecule has 0 bridgehead atoms. The fourth-order valence-electron chi connectivity index (χ4n) is 1.64. The Morgan fingerprint density at radius 1 is 1.21 bits per heavy atom. The third-order valence-corrected chi connectivity index (χ3v) is 3.30. The molecule has 0 aromatic heterocycles. The van der Waals surface area contributed by atoms with E-state index in [0.29, 0.717) is 28.8 Å². The Bertz CT molecular complexity index is 590. The second-order valence-corrected chi connectivity index (χ2v) is 5.30. The SMILES string of the molecule is COc1cc(N)cc(COc2ccc(Br)cc2Cl)c1. The topological polar surface area (TPSA) is 44.5 Å². The van der Waals surface area contributed by atoms with Crippen LogP contribution in [0.1, 0.15) is 5.56 Å². The van der Waals surface area contributed by atoms with E-state index in [4.69, 9.17) is 26.8 Å². The first-order valence-corrected chi connectivity index (χ1v) is 6.77. The van der Waals surface area contributed by atoms with E-state index in [1.807, 2.05) is 24.3 Å². The molecule has 0 saturated carbocycles. The number of methoxy groups -OCH3 is 1. The quantitative estimate of drug-likeness (QED) is 0.844. The lowest BCUT2D eigenvalue weighted by molar-refractivity contribution is 0.305. The van der Waals surface area contributed by atoms with Crippen LogP contribution in [-0.2, 0) is 6.61 Å². The number of halogens is 2. The monoisotopic (exact) mass is 341 g/mol. The average Bonchev–Trinajstić information content (AvgIpc) is 2.37. The van der Waals surface area contributed by atoms with Gasteiger partial charge in [-0.3, -0.25) is 0 Å². The van der Waals surface area contributed by atoms with Crippen LogP contribution in [0.4, 0.5) is 5.69 Å². The van der Waals surface area contributed by atoms with Crippen molar-refractivity contribution in [3.8, 4) is 11.5 Å². The van der Waals surface area contributed by atoms with Crippen LogP contribution < -0.4 is 15.2 Å². The Morgan fingerprint density at radius 3 is 2.68 bits per heavy atom. The van der Waals surface area contributed by atoms with Crippen molar-refractivity contribution in [3.63, 3.8) is 0 Å². The summed E-state index contributed by atoms with van der Waals surface area (Å²) in [6.45, 7) is 0.378. The molecule has 0 amide bonds. The summed E-state index contributed by atoms with van der Waals surface area (Å²) < 4.78 is 11.7. The Morgan fingerprint density at radius 2 is 2.00 bits per heavy atom. The van der Waals surface area contributed by atoms with E-state index < -0.39 is 0 Å². The largest absolute Gasteiger partial charge is 0.497 e. The van der Waals surface area contributed by atoms with Gasteiger partial charge in [0.05, 0.1) is 12.1 Å². The predicted octanol–water partition coefficient (Wildman–Crippen LogP) is 4.27. The molecule has 5 heteroatoms. The zero-order chi connectivity index (χ0) is 13.8. The Balaban J connectivity index is 2.12. The van der Waals surface area contributed by atoms with Crippen LogP contribution in [-0.4, -0.2) is 7.11 Å². The van der Waals surface area contributed by atoms with E-state index in [1.165, 1.54) is 0 Å². The smallest absolute Gasteiger partial charge is 0.138 e. The van der Waals surface area contributed by atoms with Gasteiger partial charge in [0.2, 0.25) is 0 Å². The standard InChI is InChI=1S/C14H13BrClNO2/c1-18-12-5-9(4-11(17)7-12)8-19-14-3-2-10(15)6-13(14)16/h2-7H,8,17H2,1H3.